The van der Waals surface area contributed by atoms with Gasteiger partial charge in [0.05, 0.1) is 7.11 Å². The summed E-state index contributed by atoms with van der Waals surface area (Å²) in [6, 6.07) is 8.88. The number of aromatic amines is 1. The van der Waals surface area contributed by atoms with Crippen molar-refractivity contribution in [1.82, 2.24) is 20.6 Å². The maximum atomic E-state index is 11.8. The van der Waals surface area contributed by atoms with Crippen molar-refractivity contribution < 1.29 is 9.53 Å². The lowest BCUT2D eigenvalue weighted by atomic mass is 10.1. The molecule has 0 aliphatic heterocycles. The summed E-state index contributed by atoms with van der Waals surface area (Å²) in [5.41, 5.74) is 1.46. The second-order valence-electron chi connectivity index (χ2n) is 5.41. The predicted molar refractivity (Wildman–Crippen MR) is 96.2 cm³/mol. The molecule has 0 radical (unpaired) electrons. The summed E-state index contributed by atoms with van der Waals surface area (Å²) in [6.07, 6.45) is 0.685. The Kier molecular flexibility index (Phi) is 6.82. The van der Waals surface area contributed by atoms with Gasteiger partial charge in [-0.1, -0.05) is 18.2 Å². The topological polar surface area (TPSA) is 108 Å². The highest BCUT2D eigenvalue weighted by molar-refractivity contribution is 5.73. The van der Waals surface area contributed by atoms with Crippen molar-refractivity contribution in [3.8, 4) is 5.75 Å². The number of anilines is 1. The van der Waals surface area contributed by atoms with E-state index < -0.39 is 0 Å². The Morgan fingerprint density at radius 1 is 1.20 bits per heavy atom. The minimum absolute atomic E-state index is 0.211. The highest BCUT2D eigenvalue weighted by Gasteiger charge is 2.03. The number of para-hydroxylation sites is 1. The third kappa shape index (κ3) is 6.17. The van der Waals surface area contributed by atoms with Crippen LogP contribution in [-0.2, 0) is 6.42 Å². The quantitative estimate of drug-likeness (QED) is 0.535. The summed E-state index contributed by atoms with van der Waals surface area (Å²) >= 11 is 0. The number of benzene rings is 1. The molecule has 134 valence electrons. The Balaban J connectivity index is 1.65. The van der Waals surface area contributed by atoms with Gasteiger partial charge in [-0.25, -0.2) is 9.78 Å². The molecule has 0 bridgehead atoms. The van der Waals surface area contributed by atoms with Gasteiger partial charge in [-0.05, 0) is 25.0 Å². The zero-order valence-electron chi connectivity index (χ0n) is 14.4. The Morgan fingerprint density at radius 3 is 2.72 bits per heavy atom. The number of urea groups is 1. The lowest BCUT2D eigenvalue weighted by Gasteiger charge is -2.10. The summed E-state index contributed by atoms with van der Waals surface area (Å²) in [4.78, 5) is 29.8. The van der Waals surface area contributed by atoms with Crippen molar-refractivity contribution in [1.29, 1.82) is 0 Å². The average Bonchev–Trinajstić information content (AvgIpc) is 2.58. The van der Waals surface area contributed by atoms with Gasteiger partial charge in [-0.2, -0.15) is 0 Å². The molecule has 8 nitrogen and oxygen atoms in total. The lowest BCUT2D eigenvalue weighted by Crippen LogP contribution is -2.39. The molecule has 0 aliphatic rings. The monoisotopic (exact) mass is 345 g/mol. The average molecular weight is 345 g/mol. The number of carbonyl (C=O) groups excluding carboxylic acids is 1. The molecule has 25 heavy (non-hydrogen) atoms. The number of aromatic nitrogens is 2. The van der Waals surface area contributed by atoms with Crippen LogP contribution in [0.15, 0.2) is 35.1 Å². The van der Waals surface area contributed by atoms with E-state index in [1.807, 2.05) is 24.3 Å². The van der Waals surface area contributed by atoms with Crippen LogP contribution in [0.2, 0.25) is 0 Å². The van der Waals surface area contributed by atoms with Crippen LogP contribution in [0, 0.1) is 6.92 Å². The first-order valence-electron chi connectivity index (χ1n) is 8.04. The van der Waals surface area contributed by atoms with Crippen LogP contribution in [0.25, 0.3) is 0 Å². The molecular weight excluding hydrogens is 322 g/mol. The van der Waals surface area contributed by atoms with Crippen LogP contribution in [0.5, 0.6) is 5.75 Å². The van der Waals surface area contributed by atoms with Crippen LogP contribution in [0.3, 0.4) is 0 Å². The molecular formula is C17H23N5O3. The molecule has 0 unspecified atom stereocenters. The molecule has 0 atom stereocenters. The van der Waals surface area contributed by atoms with Gasteiger partial charge in [0, 0.05) is 31.4 Å². The molecule has 0 spiro atoms. The Labute approximate surface area is 146 Å². The molecule has 0 saturated heterocycles. The minimum Gasteiger partial charge on any atom is -0.496 e. The van der Waals surface area contributed by atoms with E-state index in [1.165, 1.54) is 6.07 Å². The number of ether oxygens (including phenoxy) is 1. The second-order valence-corrected chi connectivity index (χ2v) is 5.41. The van der Waals surface area contributed by atoms with Gasteiger partial charge in [-0.15, -0.1) is 0 Å². The zero-order chi connectivity index (χ0) is 18.1. The van der Waals surface area contributed by atoms with Gasteiger partial charge in [0.1, 0.15) is 5.75 Å². The van der Waals surface area contributed by atoms with E-state index in [2.05, 4.69) is 25.9 Å². The molecule has 4 N–H and O–H groups in total. The van der Waals surface area contributed by atoms with E-state index in [4.69, 9.17) is 4.74 Å². The van der Waals surface area contributed by atoms with Crippen molar-refractivity contribution in [2.45, 2.75) is 13.3 Å². The lowest BCUT2D eigenvalue weighted by molar-refractivity contribution is 0.241. The fraction of sp³-hybridized carbons (Fsp3) is 0.353. The Hall–Kier alpha value is -3.03. The summed E-state index contributed by atoms with van der Waals surface area (Å²) in [5.74, 6) is 1.21. The van der Waals surface area contributed by atoms with Gasteiger partial charge in [0.25, 0.3) is 5.56 Å². The summed E-state index contributed by atoms with van der Waals surface area (Å²) in [6.45, 7) is 3.10. The molecule has 2 rings (SSSR count). The zero-order valence-corrected chi connectivity index (χ0v) is 14.4. The highest BCUT2D eigenvalue weighted by Crippen LogP contribution is 2.17. The molecule has 1 heterocycles. The third-order valence-corrected chi connectivity index (χ3v) is 3.45. The number of rotatable bonds is 8. The number of methoxy groups -OCH3 is 1. The van der Waals surface area contributed by atoms with E-state index in [0.29, 0.717) is 37.7 Å². The van der Waals surface area contributed by atoms with Crippen LogP contribution < -0.4 is 26.2 Å². The van der Waals surface area contributed by atoms with Crippen molar-refractivity contribution in [2.75, 3.05) is 32.1 Å². The first-order valence-corrected chi connectivity index (χ1v) is 8.04. The van der Waals surface area contributed by atoms with E-state index in [9.17, 15) is 9.59 Å². The summed E-state index contributed by atoms with van der Waals surface area (Å²) in [5, 5.41) is 8.48. The van der Waals surface area contributed by atoms with Crippen LogP contribution in [0.4, 0.5) is 10.7 Å². The maximum Gasteiger partial charge on any atom is 0.314 e. The number of amides is 2. The fourth-order valence-corrected chi connectivity index (χ4v) is 2.30. The molecule has 8 heteroatoms. The number of hydrogen-bond donors (Lipinski definition) is 4. The van der Waals surface area contributed by atoms with Crippen molar-refractivity contribution >= 4 is 12.0 Å². The minimum atomic E-state index is -0.248. The first-order chi connectivity index (χ1) is 12.1. The molecule has 1 aromatic carbocycles. The normalized spacial score (nSPS) is 10.2. The summed E-state index contributed by atoms with van der Waals surface area (Å²) < 4.78 is 5.27. The molecule has 0 fully saturated rings. The van der Waals surface area contributed by atoms with E-state index in [1.54, 1.807) is 14.0 Å². The van der Waals surface area contributed by atoms with Crippen molar-refractivity contribution in [2.24, 2.45) is 0 Å². The van der Waals surface area contributed by atoms with Crippen LogP contribution in [-0.4, -0.2) is 42.7 Å². The fourth-order valence-electron chi connectivity index (χ4n) is 2.30. The summed E-state index contributed by atoms with van der Waals surface area (Å²) in [7, 11) is 1.63. The SMILES string of the molecule is COc1ccccc1CCNC(=O)NCCNc1nc(C)cc(=O)[nH]1. The highest BCUT2D eigenvalue weighted by atomic mass is 16.5. The van der Waals surface area contributed by atoms with Gasteiger partial charge >= 0.3 is 6.03 Å². The first kappa shape index (κ1) is 18.3. The smallest absolute Gasteiger partial charge is 0.314 e. The maximum absolute atomic E-state index is 11.8. The number of hydrogen-bond acceptors (Lipinski definition) is 5. The van der Waals surface area contributed by atoms with Crippen LogP contribution in [0.1, 0.15) is 11.3 Å². The molecule has 0 aliphatic carbocycles. The van der Waals surface area contributed by atoms with Crippen molar-refractivity contribution in [3.05, 3.63) is 51.9 Å². The Bertz CT molecular complexity index is 760. The third-order valence-electron chi connectivity index (χ3n) is 3.45. The van der Waals surface area contributed by atoms with Gasteiger partial charge in [0.15, 0.2) is 0 Å². The van der Waals surface area contributed by atoms with E-state index >= 15 is 0 Å². The predicted octanol–water partition coefficient (Wildman–Crippen LogP) is 1.04. The Morgan fingerprint density at radius 2 is 1.96 bits per heavy atom. The molecule has 1 aromatic heterocycles. The molecule has 2 amide bonds. The van der Waals surface area contributed by atoms with Gasteiger partial charge in [-0.3, -0.25) is 9.78 Å². The van der Waals surface area contributed by atoms with Crippen molar-refractivity contribution in [3.63, 3.8) is 0 Å². The number of nitrogens with one attached hydrogen (secondary N) is 4. The number of aryl methyl sites for hydroxylation is 1. The number of nitrogens with zero attached hydrogens (tertiary/aromatic N) is 1. The second kappa shape index (κ2) is 9.31. The van der Waals surface area contributed by atoms with E-state index in [0.717, 1.165) is 11.3 Å². The standard InChI is InChI=1S/C17H23N5O3/c1-12-11-15(23)22-16(21-12)18-9-10-20-17(24)19-8-7-13-5-3-4-6-14(13)25-2/h3-6,11H,7-10H2,1-2H3,(H2,19,20,24)(H2,18,21,22,23). The molecule has 2 aromatic rings. The van der Waals surface area contributed by atoms with E-state index in [-0.39, 0.29) is 11.6 Å². The number of carbonyl (C=O) groups is 1. The molecule has 0 saturated carbocycles. The van der Waals surface area contributed by atoms with Crippen LogP contribution >= 0.6 is 0 Å². The number of H-pyrrole nitrogens is 1. The largest absolute Gasteiger partial charge is 0.496 e. The van der Waals surface area contributed by atoms with Gasteiger partial charge < -0.3 is 20.7 Å². The van der Waals surface area contributed by atoms with Gasteiger partial charge in [0.2, 0.25) is 5.95 Å².